The second-order valence-electron chi connectivity index (χ2n) is 6.55. The zero-order valence-electron chi connectivity index (χ0n) is 13.8. The van der Waals surface area contributed by atoms with Crippen molar-refractivity contribution in [2.75, 3.05) is 32.7 Å². The van der Waals surface area contributed by atoms with Gasteiger partial charge in [-0.1, -0.05) is 6.08 Å². The Morgan fingerprint density at radius 3 is 2.88 bits per heavy atom. The fourth-order valence-corrected chi connectivity index (χ4v) is 3.69. The molecule has 0 aliphatic carbocycles. The second-order valence-corrected chi connectivity index (χ2v) is 6.55. The number of nitrogens with zero attached hydrogens (tertiary/aromatic N) is 2. The molecule has 2 N–H and O–H groups in total. The lowest BCUT2D eigenvalue weighted by Crippen LogP contribution is -2.43. The highest BCUT2D eigenvalue weighted by Gasteiger charge is 2.61. The first-order valence-corrected chi connectivity index (χ1v) is 8.11. The van der Waals surface area contributed by atoms with E-state index in [0.29, 0.717) is 12.3 Å². The summed E-state index contributed by atoms with van der Waals surface area (Å²) in [5, 5.41) is 12.4. The lowest BCUT2D eigenvalue weighted by Gasteiger charge is -2.24. The van der Waals surface area contributed by atoms with Crippen LogP contribution < -0.4 is 5.32 Å². The first kappa shape index (κ1) is 17.2. The summed E-state index contributed by atoms with van der Waals surface area (Å²) in [6.07, 6.45) is 3.12. The minimum absolute atomic E-state index is 0.0565. The minimum atomic E-state index is -1.15. The van der Waals surface area contributed by atoms with Crippen molar-refractivity contribution in [3.8, 4) is 0 Å². The third kappa shape index (κ3) is 3.17. The van der Waals surface area contributed by atoms with Crippen LogP contribution in [-0.4, -0.2) is 65.4 Å². The molecule has 2 aliphatic rings. The molecule has 0 saturated carbocycles. The molecule has 0 aromatic carbocycles. The van der Waals surface area contributed by atoms with Gasteiger partial charge in [0.25, 0.3) is 0 Å². The van der Waals surface area contributed by atoms with E-state index >= 15 is 0 Å². The number of carboxylic acid groups (broad SMARTS) is 1. The van der Waals surface area contributed by atoms with Gasteiger partial charge in [0.2, 0.25) is 11.8 Å². The van der Waals surface area contributed by atoms with Crippen molar-refractivity contribution in [2.45, 2.75) is 6.54 Å². The number of furan rings is 1. The molecule has 3 rings (SSSR count). The van der Waals surface area contributed by atoms with Gasteiger partial charge in [-0.3, -0.25) is 19.3 Å². The summed E-state index contributed by atoms with van der Waals surface area (Å²) in [5.74, 6) is -1.38. The van der Waals surface area contributed by atoms with E-state index in [9.17, 15) is 19.5 Å². The third-order valence-electron chi connectivity index (χ3n) is 4.88. The van der Waals surface area contributed by atoms with Crippen LogP contribution in [0.1, 0.15) is 5.76 Å². The van der Waals surface area contributed by atoms with Crippen molar-refractivity contribution in [1.29, 1.82) is 0 Å². The average Bonchev–Trinajstić information content (AvgIpc) is 3.24. The fourth-order valence-electron chi connectivity index (χ4n) is 3.69. The van der Waals surface area contributed by atoms with Crippen molar-refractivity contribution in [3.63, 3.8) is 0 Å². The van der Waals surface area contributed by atoms with E-state index in [1.807, 2.05) is 0 Å². The molecular weight excluding hydrogens is 326 g/mol. The summed E-state index contributed by atoms with van der Waals surface area (Å²) >= 11 is 0. The molecule has 8 nitrogen and oxygen atoms in total. The van der Waals surface area contributed by atoms with Crippen molar-refractivity contribution < 1.29 is 23.9 Å². The van der Waals surface area contributed by atoms with Crippen molar-refractivity contribution in [1.82, 2.24) is 15.1 Å². The number of amides is 2. The number of nitrogens with one attached hydrogen (secondary N) is 1. The fraction of sp³-hybridized carbons (Fsp3) is 0.471. The maximum Gasteiger partial charge on any atom is 0.313 e. The van der Waals surface area contributed by atoms with Crippen LogP contribution in [-0.2, 0) is 20.9 Å². The van der Waals surface area contributed by atoms with Gasteiger partial charge in [-0.05, 0) is 12.1 Å². The number of fused-ring (bicyclic) bond motifs is 1. The molecule has 3 heterocycles. The Bertz CT molecular complexity index is 686. The predicted octanol–water partition coefficient (Wildman–Crippen LogP) is -0.0732. The summed E-state index contributed by atoms with van der Waals surface area (Å²) in [5.41, 5.74) is -1.15. The van der Waals surface area contributed by atoms with E-state index in [-0.39, 0.29) is 44.5 Å². The number of carbonyl (C=O) groups is 3. The number of carbonyl (C=O) groups excluding carboxylic acids is 2. The van der Waals surface area contributed by atoms with Gasteiger partial charge in [0.1, 0.15) is 11.2 Å². The predicted molar refractivity (Wildman–Crippen MR) is 87.3 cm³/mol. The minimum Gasteiger partial charge on any atom is -0.481 e. The first-order chi connectivity index (χ1) is 12.0. The standard InChI is InChI=1S/C17H21N3O5/c1-2-5-20-11-17(16(23)24)10-19(8-13(17)15(20)22)9-14(21)18-7-12-4-3-6-25-12/h2-4,6,13H,1,5,7-11H2,(H,18,21)(H,23,24)/t13-,17-/m1/s1. The molecular formula is C17H21N3O5. The second kappa shape index (κ2) is 6.72. The summed E-state index contributed by atoms with van der Waals surface area (Å²) in [6, 6.07) is 3.49. The molecule has 2 amide bonds. The molecule has 0 spiro atoms. The van der Waals surface area contributed by atoms with Gasteiger partial charge in [0.05, 0.1) is 25.3 Å². The topological polar surface area (TPSA) is 103 Å². The van der Waals surface area contributed by atoms with Gasteiger partial charge in [0, 0.05) is 26.2 Å². The summed E-state index contributed by atoms with van der Waals surface area (Å²) in [6.45, 7) is 4.89. The van der Waals surface area contributed by atoms with Crippen LogP contribution in [0.5, 0.6) is 0 Å². The maximum atomic E-state index is 12.5. The highest BCUT2D eigenvalue weighted by molar-refractivity contribution is 5.92. The normalized spacial score (nSPS) is 25.8. The Labute approximate surface area is 145 Å². The van der Waals surface area contributed by atoms with Crippen LogP contribution in [0, 0.1) is 11.3 Å². The number of hydrogen-bond acceptors (Lipinski definition) is 5. The number of aliphatic carboxylic acids is 1. The molecule has 2 fully saturated rings. The molecule has 25 heavy (non-hydrogen) atoms. The highest BCUT2D eigenvalue weighted by atomic mass is 16.4. The number of likely N-dealkylation sites (tertiary alicyclic amines) is 2. The van der Waals surface area contributed by atoms with Gasteiger partial charge in [-0.25, -0.2) is 0 Å². The summed E-state index contributed by atoms with van der Waals surface area (Å²) in [4.78, 5) is 39.7. The molecule has 0 unspecified atom stereocenters. The zero-order chi connectivity index (χ0) is 18.0. The van der Waals surface area contributed by atoms with Crippen LogP contribution >= 0.6 is 0 Å². The molecule has 1 aromatic heterocycles. The Hall–Kier alpha value is -2.61. The Kier molecular flexibility index (Phi) is 4.63. The van der Waals surface area contributed by atoms with Gasteiger partial charge in [0.15, 0.2) is 0 Å². The lowest BCUT2D eigenvalue weighted by atomic mass is 9.81. The number of hydrogen-bond donors (Lipinski definition) is 2. The molecule has 8 heteroatoms. The van der Waals surface area contributed by atoms with Crippen LogP contribution in [0.4, 0.5) is 0 Å². The van der Waals surface area contributed by atoms with E-state index < -0.39 is 17.3 Å². The van der Waals surface area contributed by atoms with Gasteiger partial charge in [-0.2, -0.15) is 0 Å². The molecule has 1 aromatic rings. The van der Waals surface area contributed by atoms with Crippen LogP contribution in [0.25, 0.3) is 0 Å². The summed E-state index contributed by atoms with van der Waals surface area (Å²) in [7, 11) is 0. The Morgan fingerprint density at radius 2 is 2.28 bits per heavy atom. The number of carboxylic acids is 1. The van der Waals surface area contributed by atoms with Gasteiger partial charge >= 0.3 is 5.97 Å². The van der Waals surface area contributed by atoms with E-state index in [1.54, 1.807) is 23.1 Å². The van der Waals surface area contributed by atoms with E-state index in [2.05, 4.69) is 11.9 Å². The van der Waals surface area contributed by atoms with E-state index in [0.717, 1.165) is 0 Å². The highest BCUT2D eigenvalue weighted by Crippen LogP contribution is 2.43. The van der Waals surface area contributed by atoms with Crippen LogP contribution in [0.15, 0.2) is 35.5 Å². The smallest absolute Gasteiger partial charge is 0.313 e. The quantitative estimate of drug-likeness (QED) is 0.669. The molecule has 2 atom stereocenters. The number of rotatable bonds is 7. The van der Waals surface area contributed by atoms with Crippen molar-refractivity contribution in [3.05, 3.63) is 36.8 Å². The van der Waals surface area contributed by atoms with Gasteiger partial charge < -0.3 is 19.7 Å². The molecule has 0 radical (unpaired) electrons. The van der Waals surface area contributed by atoms with E-state index in [1.165, 1.54) is 11.2 Å². The maximum absolute atomic E-state index is 12.5. The average molecular weight is 347 g/mol. The third-order valence-corrected chi connectivity index (χ3v) is 4.88. The monoisotopic (exact) mass is 347 g/mol. The molecule has 0 bridgehead atoms. The Morgan fingerprint density at radius 1 is 1.48 bits per heavy atom. The van der Waals surface area contributed by atoms with E-state index in [4.69, 9.17) is 4.42 Å². The molecule has 134 valence electrons. The van der Waals surface area contributed by atoms with Crippen LogP contribution in [0.2, 0.25) is 0 Å². The summed E-state index contributed by atoms with van der Waals surface area (Å²) < 4.78 is 5.15. The first-order valence-electron chi connectivity index (χ1n) is 8.11. The molecule has 2 aliphatic heterocycles. The largest absolute Gasteiger partial charge is 0.481 e. The van der Waals surface area contributed by atoms with Crippen molar-refractivity contribution in [2.24, 2.45) is 11.3 Å². The zero-order valence-corrected chi connectivity index (χ0v) is 13.8. The van der Waals surface area contributed by atoms with Crippen LogP contribution in [0.3, 0.4) is 0 Å². The van der Waals surface area contributed by atoms with Crippen molar-refractivity contribution >= 4 is 17.8 Å². The molecule has 2 saturated heterocycles. The van der Waals surface area contributed by atoms with Gasteiger partial charge in [-0.15, -0.1) is 6.58 Å². The lowest BCUT2D eigenvalue weighted by molar-refractivity contribution is -0.149. The SMILES string of the molecule is C=CCN1C[C@]2(C(=O)O)CN(CC(=O)NCc3ccco3)C[C@@H]2C1=O. The Balaban J connectivity index is 1.61.